The monoisotopic (exact) mass is 623 g/mol. The largest absolute Gasteiger partial charge is 0.479 e. The van der Waals surface area contributed by atoms with Crippen molar-refractivity contribution in [2.75, 3.05) is 6.54 Å². The van der Waals surface area contributed by atoms with Crippen LogP contribution in [0.1, 0.15) is 45.1 Å². The van der Waals surface area contributed by atoms with Crippen molar-refractivity contribution in [1.29, 1.82) is 0 Å². The molecule has 2 aliphatic rings. The number of hydrogen-bond acceptors (Lipinski definition) is 12. The quantitative estimate of drug-likeness (QED) is 0.111. The molecular weight excluding hydrogens is 586 g/mol. The summed E-state index contributed by atoms with van der Waals surface area (Å²) in [7, 11) is 0. The molecule has 0 radical (unpaired) electrons. The molecule has 15 heteroatoms. The van der Waals surface area contributed by atoms with Gasteiger partial charge < -0.3 is 50.2 Å². The molecule has 0 spiro atoms. The first-order valence-corrected chi connectivity index (χ1v) is 13.8. The number of aliphatic carboxylic acids is 3. The Balaban J connectivity index is 2.02. The minimum atomic E-state index is -3.88. The molecule has 8 atom stereocenters. The number of fused-ring (bicyclic) bond motifs is 2. The van der Waals surface area contributed by atoms with Gasteiger partial charge in [-0.1, -0.05) is 43.8 Å². The third-order valence-electron chi connectivity index (χ3n) is 7.85. The third kappa shape index (κ3) is 6.19. The fraction of sp³-hybridized carbons (Fsp3) is 0.552. The summed E-state index contributed by atoms with van der Waals surface area (Å²) >= 11 is 0. The summed E-state index contributed by atoms with van der Waals surface area (Å²) in [5.74, 6) is -11.4. The summed E-state index contributed by atoms with van der Waals surface area (Å²) in [6.45, 7) is 7.00. The predicted octanol–water partition coefficient (Wildman–Crippen LogP) is -0.00610. The van der Waals surface area contributed by atoms with Crippen LogP contribution in [0.2, 0.25) is 0 Å². The van der Waals surface area contributed by atoms with E-state index in [0.717, 1.165) is 5.56 Å². The van der Waals surface area contributed by atoms with Gasteiger partial charge in [-0.3, -0.25) is 9.59 Å². The van der Waals surface area contributed by atoms with Gasteiger partial charge in [-0.05, 0) is 36.9 Å². The molecule has 0 aromatic heterocycles. The van der Waals surface area contributed by atoms with Crippen molar-refractivity contribution in [3.8, 4) is 0 Å². The Hall–Kier alpha value is -3.89. The van der Waals surface area contributed by atoms with Crippen molar-refractivity contribution in [3.63, 3.8) is 0 Å². The fourth-order valence-electron chi connectivity index (χ4n) is 5.74. The molecular formula is C29H37NO14. The van der Waals surface area contributed by atoms with Crippen molar-refractivity contribution in [2.24, 2.45) is 11.7 Å². The second kappa shape index (κ2) is 13.4. The summed E-state index contributed by atoms with van der Waals surface area (Å²) in [5, 5.41) is 52.7. The number of carbonyl (C=O) groups is 5. The number of rotatable bonds is 15. The summed E-state index contributed by atoms with van der Waals surface area (Å²) in [4.78, 5) is 61.9. The maximum absolute atomic E-state index is 12.8. The second-order valence-electron chi connectivity index (χ2n) is 11.0. The molecule has 15 nitrogen and oxygen atoms in total. The average Bonchev–Trinajstić information content (AvgIpc) is 3.17. The number of ether oxygens (including phenoxy) is 4. The van der Waals surface area contributed by atoms with Crippen molar-refractivity contribution in [3.05, 3.63) is 48.0 Å². The zero-order valence-corrected chi connectivity index (χ0v) is 24.2. The van der Waals surface area contributed by atoms with E-state index in [0.29, 0.717) is 6.42 Å². The first kappa shape index (κ1) is 34.6. The number of nitrogens with two attached hydrogens (primary N) is 1. The lowest BCUT2D eigenvalue weighted by molar-refractivity contribution is -0.374. The number of aliphatic hydroxyl groups is 2. The highest BCUT2D eigenvalue weighted by Gasteiger charge is 2.85. The average molecular weight is 624 g/mol. The number of carboxylic acid groups (broad SMARTS) is 3. The zero-order chi connectivity index (χ0) is 33.0. The van der Waals surface area contributed by atoms with E-state index in [1.54, 1.807) is 6.92 Å². The van der Waals surface area contributed by atoms with Gasteiger partial charge in [-0.2, -0.15) is 0 Å². The molecule has 2 fully saturated rings. The SMILES string of the molecule is C=C(CC[C@@]12O[C@H](C(=O)O)[C@@](O)(C(=O)O)[C@@](C(=O)O)(O1)[C@H](OC(=O)CCCN)[C@H]2O)C(OC(C)=O)C(C)Cc1ccccc1. The lowest BCUT2D eigenvalue weighted by Gasteiger charge is -2.48. The molecule has 2 unspecified atom stereocenters. The Morgan fingerprint density at radius 3 is 2.23 bits per heavy atom. The number of aliphatic hydroxyl groups excluding tert-OH is 1. The highest BCUT2D eigenvalue weighted by molar-refractivity contribution is 5.98. The molecule has 2 bridgehead atoms. The lowest BCUT2D eigenvalue weighted by atomic mass is 9.74. The number of esters is 2. The van der Waals surface area contributed by atoms with Gasteiger partial charge in [0.1, 0.15) is 12.2 Å². The topological polar surface area (TPSA) is 249 Å². The van der Waals surface area contributed by atoms with Crippen LogP contribution in [-0.4, -0.2) is 103 Å². The normalized spacial score (nSPS) is 30.5. The Kier molecular flexibility index (Phi) is 10.5. The van der Waals surface area contributed by atoms with Crippen LogP contribution in [0, 0.1) is 5.92 Å². The molecule has 2 aliphatic heterocycles. The molecule has 7 N–H and O–H groups in total. The number of carboxylic acids is 3. The van der Waals surface area contributed by atoms with Gasteiger partial charge in [-0.15, -0.1) is 0 Å². The number of benzene rings is 1. The fourth-order valence-corrected chi connectivity index (χ4v) is 5.74. The van der Waals surface area contributed by atoms with Gasteiger partial charge in [0.2, 0.25) is 23.1 Å². The minimum absolute atomic E-state index is 0.0321. The number of hydrogen-bond donors (Lipinski definition) is 6. The maximum Gasteiger partial charge on any atom is 0.344 e. The second-order valence-corrected chi connectivity index (χ2v) is 11.0. The minimum Gasteiger partial charge on any atom is -0.479 e. The lowest BCUT2D eigenvalue weighted by Crippen LogP contribution is -2.78. The van der Waals surface area contributed by atoms with E-state index in [1.165, 1.54) is 6.92 Å². The van der Waals surface area contributed by atoms with E-state index in [2.05, 4.69) is 6.58 Å². The molecule has 1 aromatic rings. The predicted molar refractivity (Wildman–Crippen MR) is 147 cm³/mol. The summed E-state index contributed by atoms with van der Waals surface area (Å²) in [6, 6.07) is 9.25. The molecule has 3 rings (SSSR count). The molecule has 2 heterocycles. The van der Waals surface area contributed by atoms with E-state index in [1.807, 2.05) is 30.3 Å². The van der Waals surface area contributed by atoms with Gasteiger partial charge >= 0.3 is 29.8 Å². The van der Waals surface area contributed by atoms with E-state index >= 15 is 0 Å². The van der Waals surface area contributed by atoms with Crippen LogP contribution < -0.4 is 5.73 Å². The van der Waals surface area contributed by atoms with Crippen LogP contribution in [0.15, 0.2) is 42.5 Å². The molecule has 0 amide bonds. The van der Waals surface area contributed by atoms with Crippen LogP contribution >= 0.6 is 0 Å². The molecule has 1 aromatic carbocycles. The van der Waals surface area contributed by atoms with Crippen LogP contribution in [-0.2, 0) is 49.3 Å². The summed E-state index contributed by atoms with van der Waals surface area (Å²) in [6.07, 6.45) is -9.13. The molecule has 242 valence electrons. The smallest absolute Gasteiger partial charge is 0.344 e. The molecule has 44 heavy (non-hydrogen) atoms. The van der Waals surface area contributed by atoms with Gasteiger partial charge in [-0.25, -0.2) is 14.4 Å². The maximum atomic E-state index is 12.8. The Labute approximate surface area is 252 Å². The Morgan fingerprint density at radius 2 is 1.70 bits per heavy atom. The van der Waals surface area contributed by atoms with Gasteiger partial charge in [0.05, 0.1) is 0 Å². The van der Waals surface area contributed by atoms with E-state index in [-0.39, 0.29) is 37.3 Å². The highest BCUT2D eigenvalue weighted by Crippen LogP contribution is 2.56. The van der Waals surface area contributed by atoms with Crippen LogP contribution in [0.25, 0.3) is 0 Å². The third-order valence-corrected chi connectivity index (χ3v) is 7.85. The van der Waals surface area contributed by atoms with Crippen LogP contribution in [0.4, 0.5) is 0 Å². The van der Waals surface area contributed by atoms with Crippen molar-refractivity contribution in [2.45, 2.75) is 87.4 Å². The van der Waals surface area contributed by atoms with Gasteiger partial charge in [0, 0.05) is 25.7 Å². The summed E-state index contributed by atoms with van der Waals surface area (Å²) < 4.78 is 21.7. The van der Waals surface area contributed by atoms with E-state index in [4.69, 9.17) is 24.7 Å². The van der Waals surface area contributed by atoms with Crippen molar-refractivity contribution >= 4 is 29.8 Å². The first-order valence-electron chi connectivity index (χ1n) is 13.8. The molecule has 0 aliphatic carbocycles. The molecule has 2 saturated heterocycles. The van der Waals surface area contributed by atoms with E-state index < -0.39 is 77.7 Å². The zero-order valence-electron chi connectivity index (χ0n) is 24.2. The number of carbonyl (C=O) groups excluding carboxylic acids is 2. The van der Waals surface area contributed by atoms with Crippen molar-refractivity contribution in [1.82, 2.24) is 0 Å². The van der Waals surface area contributed by atoms with E-state index in [9.17, 15) is 49.5 Å². The van der Waals surface area contributed by atoms with Gasteiger partial charge in [0.15, 0.2) is 6.10 Å². The van der Waals surface area contributed by atoms with Gasteiger partial charge in [0.25, 0.3) is 0 Å². The van der Waals surface area contributed by atoms with Crippen molar-refractivity contribution < 1.29 is 68.5 Å². The Morgan fingerprint density at radius 1 is 1.07 bits per heavy atom. The highest BCUT2D eigenvalue weighted by atomic mass is 16.8. The standard InChI is InChI=1S/C29H37NO14/c1-15(20(41-17(3)31)16(2)14-18-8-5-4-6-9-18)11-12-27-21(33)22(42-19(32)10-7-13-30)29(44-27,26(38)39)28(40,25(36)37)23(43-27)24(34)35/h4-6,8-9,16,20-23,33,40H,1,7,10-14,30H2,2-3H3,(H,34,35)(H,36,37)(H,38,39)/t16?,20?,21-,22-,23-,27-,28-,29-/m1/s1. The van der Waals surface area contributed by atoms with Crippen LogP contribution in [0.3, 0.4) is 0 Å². The Bertz CT molecular complexity index is 1290. The summed E-state index contributed by atoms with van der Waals surface area (Å²) in [5.41, 5.74) is -0.850. The first-order chi connectivity index (χ1) is 20.6. The van der Waals surface area contributed by atoms with Crippen LogP contribution in [0.5, 0.6) is 0 Å². The molecule has 0 saturated carbocycles.